The van der Waals surface area contributed by atoms with Crippen LogP contribution in [0.4, 0.5) is 0 Å². The molecule has 0 aliphatic carbocycles. The Labute approximate surface area is 115 Å². The zero-order chi connectivity index (χ0) is 13.7. The number of nitrogens with one attached hydrogen (secondary N) is 1. The molecule has 1 N–H and O–H groups in total. The van der Waals surface area contributed by atoms with Gasteiger partial charge in [-0.1, -0.05) is 48.5 Å². The van der Waals surface area contributed by atoms with Crippen LogP contribution < -0.4 is 10.1 Å². The van der Waals surface area contributed by atoms with Gasteiger partial charge in [-0.3, -0.25) is 0 Å². The van der Waals surface area contributed by atoms with E-state index in [1.165, 1.54) is 11.1 Å². The van der Waals surface area contributed by atoms with Crippen LogP contribution in [0.3, 0.4) is 0 Å². The molecule has 0 heterocycles. The number of para-hydroxylation sites is 1. The van der Waals surface area contributed by atoms with Gasteiger partial charge >= 0.3 is 0 Å². The van der Waals surface area contributed by atoms with Crippen LogP contribution in [0.1, 0.15) is 37.1 Å². The summed E-state index contributed by atoms with van der Waals surface area (Å²) in [5.74, 6) is 0.933. The van der Waals surface area contributed by atoms with Gasteiger partial charge in [-0.05, 0) is 25.5 Å². The van der Waals surface area contributed by atoms with Gasteiger partial charge in [0.2, 0.25) is 0 Å². The normalized spacial score (nSPS) is 13.8. The molecular weight excluding hydrogens is 234 g/mol. The summed E-state index contributed by atoms with van der Waals surface area (Å²) < 4.78 is 5.41. The van der Waals surface area contributed by atoms with Gasteiger partial charge in [0.15, 0.2) is 0 Å². The Balaban J connectivity index is 2.11. The minimum Gasteiger partial charge on any atom is -0.496 e. The Morgan fingerprint density at radius 3 is 2.16 bits per heavy atom. The van der Waals surface area contributed by atoms with Gasteiger partial charge in [0.05, 0.1) is 7.11 Å². The summed E-state index contributed by atoms with van der Waals surface area (Å²) >= 11 is 0. The minimum absolute atomic E-state index is 0.242. The second-order valence-corrected chi connectivity index (χ2v) is 4.76. The lowest BCUT2D eigenvalue weighted by Gasteiger charge is -2.22. The van der Waals surface area contributed by atoms with Crippen molar-refractivity contribution >= 4 is 0 Å². The van der Waals surface area contributed by atoms with E-state index in [9.17, 15) is 0 Å². The van der Waals surface area contributed by atoms with Crippen LogP contribution in [0.2, 0.25) is 0 Å². The second kappa shape index (κ2) is 6.39. The van der Waals surface area contributed by atoms with E-state index in [1.54, 1.807) is 7.11 Å². The van der Waals surface area contributed by atoms with Crippen molar-refractivity contribution < 1.29 is 4.74 Å². The smallest absolute Gasteiger partial charge is 0.123 e. The van der Waals surface area contributed by atoms with Crippen molar-refractivity contribution in [2.75, 3.05) is 7.11 Å². The summed E-state index contributed by atoms with van der Waals surface area (Å²) in [7, 11) is 1.71. The number of hydrogen-bond acceptors (Lipinski definition) is 2. The quantitative estimate of drug-likeness (QED) is 0.868. The SMILES string of the molecule is COc1ccccc1[C@H](C)N[C@@H](C)c1ccccc1. The van der Waals surface area contributed by atoms with Crippen molar-refractivity contribution in [1.82, 2.24) is 5.32 Å². The van der Waals surface area contributed by atoms with Crippen LogP contribution in [-0.4, -0.2) is 7.11 Å². The molecule has 0 aliphatic heterocycles. The van der Waals surface area contributed by atoms with Gasteiger partial charge in [-0.2, -0.15) is 0 Å². The molecule has 2 aromatic rings. The summed E-state index contributed by atoms with van der Waals surface area (Å²) in [6, 6.07) is 19.2. The van der Waals surface area contributed by atoms with E-state index < -0.39 is 0 Å². The van der Waals surface area contributed by atoms with E-state index in [4.69, 9.17) is 4.74 Å². The Hall–Kier alpha value is -1.80. The summed E-state index contributed by atoms with van der Waals surface area (Å²) in [6.07, 6.45) is 0. The molecule has 2 heteroatoms. The van der Waals surface area contributed by atoms with Crippen molar-refractivity contribution in [2.45, 2.75) is 25.9 Å². The van der Waals surface area contributed by atoms with Gasteiger partial charge in [-0.15, -0.1) is 0 Å². The van der Waals surface area contributed by atoms with Crippen LogP contribution in [0.5, 0.6) is 5.75 Å². The van der Waals surface area contributed by atoms with Crippen LogP contribution in [0, 0.1) is 0 Å². The Morgan fingerprint density at radius 1 is 0.842 bits per heavy atom. The van der Waals surface area contributed by atoms with E-state index in [-0.39, 0.29) is 6.04 Å². The van der Waals surface area contributed by atoms with Crippen LogP contribution in [-0.2, 0) is 0 Å². The number of hydrogen-bond donors (Lipinski definition) is 1. The van der Waals surface area contributed by atoms with E-state index in [1.807, 2.05) is 24.3 Å². The predicted octanol–water partition coefficient (Wildman–Crippen LogP) is 4.11. The molecule has 0 unspecified atom stereocenters. The first-order valence-electron chi connectivity index (χ1n) is 6.66. The average Bonchev–Trinajstić information content (AvgIpc) is 2.48. The minimum atomic E-state index is 0.242. The fourth-order valence-corrected chi connectivity index (χ4v) is 2.33. The molecule has 0 aromatic heterocycles. The first-order chi connectivity index (χ1) is 9.22. The molecule has 0 radical (unpaired) electrons. The zero-order valence-corrected chi connectivity index (χ0v) is 11.8. The third kappa shape index (κ3) is 3.36. The average molecular weight is 255 g/mol. The molecule has 2 atom stereocenters. The fraction of sp³-hybridized carbons (Fsp3) is 0.294. The summed E-state index contributed by atoms with van der Waals surface area (Å²) in [5.41, 5.74) is 2.48. The summed E-state index contributed by atoms with van der Waals surface area (Å²) in [6.45, 7) is 4.35. The molecule has 100 valence electrons. The van der Waals surface area contributed by atoms with Gasteiger partial charge in [0.1, 0.15) is 5.75 Å². The number of methoxy groups -OCH3 is 1. The van der Waals surface area contributed by atoms with Crippen molar-refractivity contribution in [3.8, 4) is 5.75 Å². The Bertz CT molecular complexity index is 510. The molecule has 0 spiro atoms. The van der Waals surface area contributed by atoms with Gasteiger partial charge in [-0.25, -0.2) is 0 Å². The molecule has 0 fully saturated rings. The lowest BCUT2D eigenvalue weighted by Crippen LogP contribution is -2.22. The molecule has 2 aromatic carbocycles. The molecule has 0 saturated heterocycles. The molecular formula is C17H21NO. The molecule has 0 aliphatic rings. The molecule has 0 bridgehead atoms. The Morgan fingerprint density at radius 2 is 1.47 bits per heavy atom. The molecule has 19 heavy (non-hydrogen) atoms. The second-order valence-electron chi connectivity index (χ2n) is 4.76. The lowest BCUT2D eigenvalue weighted by atomic mass is 10.0. The van der Waals surface area contributed by atoms with Gasteiger partial charge in [0, 0.05) is 17.6 Å². The number of rotatable bonds is 5. The van der Waals surface area contributed by atoms with E-state index in [0.717, 1.165) is 5.75 Å². The highest BCUT2D eigenvalue weighted by molar-refractivity contribution is 5.35. The predicted molar refractivity (Wildman–Crippen MR) is 79.4 cm³/mol. The van der Waals surface area contributed by atoms with E-state index in [2.05, 4.69) is 49.5 Å². The largest absolute Gasteiger partial charge is 0.496 e. The number of benzene rings is 2. The zero-order valence-electron chi connectivity index (χ0n) is 11.8. The van der Waals surface area contributed by atoms with Crippen molar-refractivity contribution in [2.24, 2.45) is 0 Å². The first kappa shape index (κ1) is 13.6. The Kier molecular flexibility index (Phi) is 4.58. The van der Waals surface area contributed by atoms with E-state index >= 15 is 0 Å². The maximum Gasteiger partial charge on any atom is 0.123 e. The standard InChI is InChI=1S/C17H21NO/c1-13(15-9-5-4-6-10-15)18-14(2)16-11-7-8-12-17(16)19-3/h4-14,18H,1-3H3/t13-,14-/m0/s1. The maximum atomic E-state index is 5.41. The van der Waals surface area contributed by atoms with Crippen LogP contribution in [0.15, 0.2) is 54.6 Å². The van der Waals surface area contributed by atoms with Crippen molar-refractivity contribution in [1.29, 1.82) is 0 Å². The third-order valence-corrected chi connectivity index (χ3v) is 3.41. The molecule has 0 amide bonds. The fourth-order valence-electron chi connectivity index (χ4n) is 2.33. The monoisotopic (exact) mass is 255 g/mol. The van der Waals surface area contributed by atoms with Crippen molar-refractivity contribution in [3.05, 3.63) is 65.7 Å². The molecule has 0 saturated carbocycles. The highest BCUT2D eigenvalue weighted by atomic mass is 16.5. The summed E-state index contributed by atoms with van der Waals surface area (Å²) in [4.78, 5) is 0. The topological polar surface area (TPSA) is 21.3 Å². The van der Waals surface area contributed by atoms with Crippen LogP contribution in [0.25, 0.3) is 0 Å². The van der Waals surface area contributed by atoms with Crippen molar-refractivity contribution in [3.63, 3.8) is 0 Å². The highest BCUT2D eigenvalue weighted by Crippen LogP contribution is 2.26. The maximum absolute atomic E-state index is 5.41. The lowest BCUT2D eigenvalue weighted by molar-refractivity contribution is 0.396. The summed E-state index contributed by atoms with van der Waals surface area (Å²) in [5, 5.41) is 3.61. The van der Waals surface area contributed by atoms with Gasteiger partial charge < -0.3 is 10.1 Å². The highest BCUT2D eigenvalue weighted by Gasteiger charge is 2.13. The third-order valence-electron chi connectivity index (χ3n) is 3.41. The number of ether oxygens (including phenoxy) is 1. The van der Waals surface area contributed by atoms with Gasteiger partial charge in [0.25, 0.3) is 0 Å². The molecule has 2 nitrogen and oxygen atoms in total. The van der Waals surface area contributed by atoms with E-state index in [0.29, 0.717) is 6.04 Å². The first-order valence-corrected chi connectivity index (χ1v) is 6.66. The molecule has 2 rings (SSSR count). The van der Waals surface area contributed by atoms with Crippen LogP contribution >= 0.6 is 0 Å².